The van der Waals surface area contributed by atoms with E-state index >= 15 is 0 Å². The highest BCUT2D eigenvalue weighted by atomic mass is 32.1. The van der Waals surface area contributed by atoms with E-state index in [0.717, 1.165) is 4.88 Å². The van der Waals surface area contributed by atoms with Crippen LogP contribution in [0.4, 0.5) is 0 Å². The molecule has 0 saturated heterocycles. The average molecular weight is 239 g/mol. The highest BCUT2D eigenvalue weighted by Crippen LogP contribution is 2.14. The Morgan fingerprint density at radius 3 is 2.94 bits per heavy atom. The lowest BCUT2D eigenvalue weighted by molar-refractivity contribution is 0.0767. The molecule has 0 aliphatic carbocycles. The van der Waals surface area contributed by atoms with Crippen LogP contribution in [-0.4, -0.2) is 47.8 Å². The van der Waals surface area contributed by atoms with Crippen LogP contribution in [0.3, 0.4) is 0 Å². The van der Waals surface area contributed by atoms with Gasteiger partial charge in [-0.3, -0.25) is 4.79 Å². The molecule has 0 fully saturated rings. The normalized spacial score (nSPS) is 9.44. The van der Waals surface area contributed by atoms with E-state index in [-0.39, 0.29) is 19.1 Å². The van der Waals surface area contributed by atoms with Gasteiger partial charge in [0, 0.05) is 19.0 Å². The van der Waals surface area contributed by atoms with Gasteiger partial charge in [-0.25, -0.2) is 0 Å². The zero-order valence-corrected chi connectivity index (χ0v) is 9.75. The number of carbonyl (C=O) groups excluding carboxylic acids is 1. The minimum atomic E-state index is -0.189. The summed E-state index contributed by atoms with van der Waals surface area (Å²) in [6, 6.07) is 1.68. The lowest BCUT2D eigenvalue weighted by atomic mass is 10.2. The lowest BCUT2D eigenvalue weighted by Gasteiger charge is -2.14. The van der Waals surface area contributed by atoms with Crippen LogP contribution in [-0.2, 0) is 0 Å². The number of aliphatic hydroxyl groups is 2. The summed E-state index contributed by atoms with van der Waals surface area (Å²) in [5.74, 6) is 5.12. The second-order valence-corrected chi connectivity index (χ2v) is 4.02. The van der Waals surface area contributed by atoms with Crippen molar-refractivity contribution in [2.75, 3.05) is 26.8 Å². The van der Waals surface area contributed by atoms with E-state index in [1.54, 1.807) is 18.5 Å². The van der Waals surface area contributed by atoms with Crippen LogP contribution in [0.2, 0.25) is 0 Å². The van der Waals surface area contributed by atoms with Crippen LogP contribution >= 0.6 is 11.3 Å². The van der Waals surface area contributed by atoms with Gasteiger partial charge in [0.05, 0.1) is 17.0 Å². The minimum absolute atomic E-state index is 0.0520. The molecule has 1 aromatic rings. The van der Waals surface area contributed by atoms with Crippen LogP contribution in [0.5, 0.6) is 0 Å². The highest BCUT2D eigenvalue weighted by molar-refractivity contribution is 7.10. The van der Waals surface area contributed by atoms with Crippen molar-refractivity contribution in [1.29, 1.82) is 0 Å². The van der Waals surface area contributed by atoms with E-state index < -0.39 is 0 Å². The summed E-state index contributed by atoms with van der Waals surface area (Å²) in [6.45, 7) is 0.0709. The summed E-state index contributed by atoms with van der Waals surface area (Å²) in [7, 11) is 1.63. The fraction of sp³-hybridized carbons (Fsp3) is 0.364. The summed E-state index contributed by atoms with van der Waals surface area (Å²) < 4.78 is 0. The van der Waals surface area contributed by atoms with Crippen molar-refractivity contribution in [2.24, 2.45) is 0 Å². The first kappa shape index (κ1) is 12.7. The van der Waals surface area contributed by atoms with Crippen molar-refractivity contribution >= 4 is 17.2 Å². The number of aliphatic hydroxyl groups excluding tert-OH is 2. The summed E-state index contributed by atoms with van der Waals surface area (Å²) >= 11 is 1.36. The Balaban J connectivity index is 2.74. The maximum absolute atomic E-state index is 11.7. The maximum Gasteiger partial charge on any atom is 0.254 e. The van der Waals surface area contributed by atoms with Crippen molar-refractivity contribution in [3.05, 3.63) is 21.9 Å². The molecule has 1 rings (SSSR count). The third-order valence-electron chi connectivity index (χ3n) is 1.92. The van der Waals surface area contributed by atoms with Crippen LogP contribution in [0.15, 0.2) is 11.4 Å². The van der Waals surface area contributed by atoms with Gasteiger partial charge >= 0.3 is 0 Å². The lowest BCUT2D eigenvalue weighted by Crippen LogP contribution is -2.29. The molecule has 0 bridgehead atoms. The molecule has 4 nitrogen and oxygen atoms in total. The van der Waals surface area contributed by atoms with E-state index in [1.165, 1.54) is 16.2 Å². The summed E-state index contributed by atoms with van der Waals surface area (Å²) in [5.41, 5.74) is 0.559. The third kappa shape index (κ3) is 3.35. The standard InChI is InChI=1S/C11H13NO3S/c1-12(4-6-14)11(15)9-7-10(16-8-9)3-2-5-13/h7-8,13-14H,4-6H2,1H3. The predicted octanol–water partition coefficient (Wildman–Crippen LogP) is 0.156. The molecule has 0 spiro atoms. The molecule has 0 unspecified atom stereocenters. The van der Waals surface area contributed by atoms with Crippen molar-refractivity contribution in [3.63, 3.8) is 0 Å². The van der Waals surface area contributed by atoms with Gasteiger partial charge in [-0.15, -0.1) is 11.3 Å². The molecule has 0 radical (unpaired) electrons. The van der Waals surface area contributed by atoms with Crippen molar-refractivity contribution in [2.45, 2.75) is 0 Å². The van der Waals surface area contributed by atoms with E-state index in [0.29, 0.717) is 12.1 Å². The topological polar surface area (TPSA) is 60.8 Å². The van der Waals surface area contributed by atoms with Crippen LogP contribution < -0.4 is 0 Å². The molecule has 5 heteroatoms. The van der Waals surface area contributed by atoms with Gasteiger partial charge in [0.2, 0.25) is 0 Å². The monoisotopic (exact) mass is 239 g/mol. The molecule has 1 aromatic heterocycles. The molecular formula is C11H13NO3S. The highest BCUT2D eigenvalue weighted by Gasteiger charge is 2.12. The zero-order chi connectivity index (χ0) is 12.0. The molecule has 0 aromatic carbocycles. The SMILES string of the molecule is CN(CCO)C(=O)c1csc(C#CCO)c1. The first-order valence-corrected chi connectivity index (χ1v) is 5.61. The van der Waals surface area contributed by atoms with Gasteiger partial charge in [-0.1, -0.05) is 11.8 Å². The van der Waals surface area contributed by atoms with Gasteiger partial charge in [0.1, 0.15) is 6.61 Å². The Morgan fingerprint density at radius 1 is 1.56 bits per heavy atom. The van der Waals surface area contributed by atoms with Crippen molar-refractivity contribution < 1.29 is 15.0 Å². The maximum atomic E-state index is 11.7. The predicted molar refractivity (Wildman–Crippen MR) is 62.3 cm³/mol. The number of likely N-dealkylation sites (N-methyl/N-ethyl adjacent to an activating group) is 1. The second-order valence-electron chi connectivity index (χ2n) is 3.11. The molecule has 1 amide bonds. The van der Waals surface area contributed by atoms with Gasteiger partial charge in [-0.2, -0.15) is 0 Å². The van der Waals surface area contributed by atoms with E-state index in [9.17, 15) is 4.79 Å². The van der Waals surface area contributed by atoms with Gasteiger partial charge in [0.25, 0.3) is 5.91 Å². The largest absolute Gasteiger partial charge is 0.395 e. The smallest absolute Gasteiger partial charge is 0.254 e. The molecule has 0 saturated carbocycles. The number of amides is 1. The Morgan fingerprint density at radius 2 is 2.31 bits per heavy atom. The van der Waals surface area contributed by atoms with Gasteiger partial charge in [0.15, 0.2) is 0 Å². The molecule has 0 atom stereocenters. The summed E-state index contributed by atoms with van der Waals surface area (Å²) in [6.07, 6.45) is 0. The fourth-order valence-electron chi connectivity index (χ4n) is 1.11. The quantitative estimate of drug-likeness (QED) is 0.738. The molecule has 16 heavy (non-hydrogen) atoms. The average Bonchev–Trinajstić information content (AvgIpc) is 2.74. The summed E-state index contributed by atoms with van der Waals surface area (Å²) in [5, 5.41) is 19.0. The number of rotatable bonds is 3. The third-order valence-corrected chi connectivity index (χ3v) is 2.76. The molecule has 86 valence electrons. The Bertz CT molecular complexity index is 416. The Hall–Kier alpha value is -1.35. The van der Waals surface area contributed by atoms with Crippen LogP contribution in [0, 0.1) is 11.8 Å². The minimum Gasteiger partial charge on any atom is -0.395 e. The van der Waals surface area contributed by atoms with E-state index in [4.69, 9.17) is 10.2 Å². The van der Waals surface area contributed by atoms with Crippen LogP contribution in [0.25, 0.3) is 0 Å². The second kappa shape index (κ2) is 6.28. The first-order valence-electron chi connectivity index (χ1n) is 4.73. The van der Waals surface area contributed by atoms with Crippen molar-refractivity contribution in [3.8, 4) is 11.8 Å². The number of hydrogen-bond acceptors (Lipinski definition) is 4. The van der Waals surface area contributed by atoms with Gasteiger partial charge in [-0.05, 0) is 6.07 Å². The van der Waals surface area contributed by atoms with E-state index in [1.807, 2.05) is 0 Å². The van der Waals surface area contributed by atoms with E-state index in [2.05, 4.69) is 11.8 Å². The number of hydrogen-bond donors (Lipinski definition) is 2. The fourth-order valence-corrected chi connectivity index (χ4v) is 1.86. The Labute approximate surface area is 98.1 Å². The molecule has 0 aliphatic rings. The molecule has 2 N–H and O–H groups in total. The first-order chi connectivity index (χ1) is 7.69. The Kier molecular flexibility index (Phi) is 4.99. The van der Waals surface area contributed by atoms with Crippen LogP contribution in [0.1, 0.15) is 15.2 Å². The molecular weight excluding hydrogens is 226 g/mol. The molecule has 1 heterocycles. The number of thiophene rings is 1. The number of carbonyl (C=O) groups is 1. The summed E-state index contributed by atoms with van der Waals surface area (Å²) in [4.78, 5) is 13.9. The van der Waals surface area contributed by atoms with Crippen molar-refractivity contribution in [1.82, 2.24) is 4.90 Å². The van der Waals surface area contributed by atoms with Gasteiger partial charge < -0.3 is 15.1 Å². The molecule has 0 aliphatic heterocycles. The zero-order valence-electron chi connectivity index (χ0n) is 8.93. The number of nitrogens with zero attached hydrogens (tertiary/aromatic N) is 1.